The average Bonchev–Trinajstić information content (AvgIpc) is 4.19. The molecule has 8 aromatic rings. The molecule has 15 nitrogen and oxygen atoms in total. The molecular formula is C48H48N10O5S2. The number of nitrogens with zero attached hydrogens (tertiary/aromatic N) is 9. The molecule has 10 rings (SSSR count). The summed E-state index contributed by atoms with van der Waals surface area (Å²) >= 11 is 3.41. The van der Waals surface area contributed by atoms with Gasteiger partial charge in [0.1, 0.15) is 10.0 Å². The predicted molar refractivity (Wildman–Crippen MR) is 251 cm³/mol. The van der Waals surface area contributed by atoms with E-state index < -0.39 is 5.97 Å². The average molecular weight is 909 g/mol. The minimum Gasteiger partial charge on any atom is -0.478 e. The van der Waals surface area contributed by atoms with Crippen LogP contribution < -0.4 is 5.32 Å². The lowest BCUT2D eigenvalue weighted by molar-refractivity contribution is 0.0545. The fraction of sp³-hybridized carbons (Fsp3) is 0.250. The van der Waals surface area contributed by atoms with E-state index in [9.17, 15) is 9.59 Å². The van der Waals surface area contributed by atoms with E-state index in [2.05, 4.69) is 96.7 Å². The first-order valence-electron chi connectivity index (χ1n) is 21.1. The fourth-order valence-corrected chi connectivity index (χ4v) is 9.35. The first kappa shape index (κ1) is 44.8. The fourth-order valence-electron chi connectivity index (χ4n) is 7.37. The van der Waals surface area contributed by atoms with Crippen molar-refractivity contribution in [3.63, 3.8) is 0 Å². The number of amides is 1. The number of carbonyl (C=O) groups is 2. The van der Waals surface area contributed by atoms with Crippen molar-refractivity contribution in [3.8, 4) is 45.3 Å². The van der Waals surface area contributed by atoms with Gasteiger partial charge in [0.25, 0.3) is 5.91 Å². The molecule has 2 N–H and O–H groups in total. The minimum absolute atomic E-state index is 0.00464. The second-order valence-electron chi connectivity index (χ2n) is 15.6. The van der Waals surface area contributed by atoms with Gasteiger partial charge in [-0.05, 0) is 38.4 Å². The zero-order chi connectivity index (χ0) is 45.3. The molecule has 0 saturated carbocycles. The Bertz CT molecular complexity index is 2830. The number of nitrogens with one attached hydrogen (secondary N) is 1. The SMILES string of the molecule is CN1CCNCC1c1nc(-c2ccccc2)cs1.Cc1nc(-c2cccc(C(=O)N3CCN(C)C(c4nc(-c5ccccc5)cs4)C3)c2)no1.Cc1nc(-c2cccc(C(=O)O)c2)no1. The van der Waals surface area contributed by atoms with E-state index in [4.69, 9.17) is 24.1 Å². The van der Waals surface area contributed by atoms with Gasteiger partial charge < -0.3 is 24.4 Å². The normalized spacial score (nSPS) is 16.5. The monoisotopic (exact) mass is 908 g/mol. The van der Waals surface area contributed by atoms with Crippen LogP contribution >= 0.6 is 22.7 Å². The largest absolute Gasteiger partial charge is 0.478 e. The lowest BCUT2D eigenvalue weighted by Crippen LogP contribution is -2.49. The molecule has 6 heterocycles. The second-order valence-corrected chi connectivity index (χ2v) is 17.3. The van der Waals surface area contributed by atoms with Crippen LogP contribution in [0.25, 0.3) is 45.3 Å². The van der Waals surface area contributed by atoms with Gasteiger partial charge in [-0.1, -0.05) is 95.2 Å². The van der Waals surface area contributed by atoms with Crippen molar-refractivity contribution in [3.05, 3.63) is 153 Å². The number of hydrogen-bond acceptors (Lipinski definition) is 15. The minimum atomic E-state index is -0.975. The number of carbonyl (C=O) groups excluding carboxylic acids is 1. The zero-order valence-electron chi connectivity index (χ0n) is 36.4. The number of benzene rings is 4. The topological polar surface area (TPSA) is 180 Å². The highest BCUT2D eigenvalue weighted by atomic mass is 32.1. The van der Waals surface area contributed by atoms with Crippen LogP contribution in [-0.2, 0) is 0 Å². The lowest BCUT2D eigenvalue weighted by atomic mass is 10.1. The molecular weight excluding hydrogens is 861 g/mol. The molecule has 0 bridgehead atoms. The number of thiazole rings is 2. The van der Waals surface area contributed by atoms with Gasteiger partial charge in [-0.3, -0.25) is 14.6 Å². The Labute approximate surface area is 384 Å². The maximum Gasteiger partial charge on any atom is 0.335 e. The number of piperazine rings is 2. The van der Waals surface area contributed by atoms with Crippen LogP contribution in [0.5, 0.6) is 0 Å². The van der Waals surface area contributed by atoms with Gasteiger partial charge >= 0.3 is 5.97 Å². The molecule has 2 aliphatic heterocycles. The molecule has 0 aliphatic carbocycles. The molecule has 4 aromatic carbocycles. The van der Waals surface area contributed by atoms with Crippen LogP contribution in [0.3, 0.4) is 0 Å². The number of aryl methyl sites for hydroxylation is 2. The standard InChI is InChI=1S/C24H23N5O2S.C14H17N3S.C10H8N2O3/c1-16-25-22(27-31-16)18-9-6-10-19(13-18)24(30)29-12-11-28(2)21(14-29)23-26-20(15-32-23)17-7-4-3-5-8-17;1-17-8-7-15-9-13(17)14-16-12(10-18-14)11-5-3-2-4-6-11;1-6-11-9(12-15-6)7-3-2-4-8(5-7)10(13)14/h3-10,13,15,21H,11-12,14H2,1-2H3;2-6,10,13,15H,7-9H2,1H3;2-5H,1H3,(H,13,14). The third-order valence-corrected chi connectivity index (χ3v) is 12.9. The maximum atomic E-state index is 13.3. The molecule has 0 radical (unpaired) electrons. The number of carboxylic acids is 1. The number of carboxylic acid groups (broad SMARTS) is 1. The van der Waals surface area contributed by atoms with E-state index in [1.165, 1.54) is 22.7 Å². The van der Waals surface area contributed by atoms with E-state index in [1.807, 2.05) is 53.4 Å². The molecule has 2 atom stereocenters. The number of aromatic nitrogens is 6. The molecule has 2 fully saturated rings. The molecule has 1 amide bonds. The van der Waals surface area contributed by atoms with Crippen LogP contribution in [0, 0.1) is 13.8 Å². The Morgan fingerprint density at radius 3 is 1.66 bits per heavy atom. The van der Waals surface area contributed by atoms with Crippen molar-refractivity contribution in [2.24, 2.45) is 0 Å². The lowest BCUT2D eigenvalue weighted by Gasteiger charge is -2.38. The van der Waals surface area contributed by atoms with Gasteiger partial charge in [-0.15, -0.1) is 22.7 Å². The van der Waals surface area contributed by atoms with Gasteiger partial charge in [0, 0.05) is 91.7 Å². The van der Waals surface area contributed by atoms with Gasteiger partial charge in [0.05, 0.1) is 29.0 Å². The zero-order valence-corrected chi connectivity index (χ0v) is 38.0. The smallest absolute Gasteiger partial charge is 0.335 e. The summed E-state index contributed by atoms with van der Waals surface area (Å²) in [7, 11) is 4.27. The summed E-state index contributed by atoms with van der Waals surface area (Å²) in [6.07, 6.45) is 0. The van der Waals surface area contributed by atoms with Gasteiger partial charge in [0.2, 0.25) is 23.4 Å². The third kappa shape index (κ3) is 11.1. The summed E-state index contributed by atoms with van der Waals surface area (Å²) in [6, 6.07) is 34.8. The van der Waals surface area contributed by atoms with Crippen molar-refractivity contribution in [1.29, 1.82) is 0 Å². The Morgan fingerprint density at radius 2 is 1.14 bits per heavy atom. The second kappa shape index (κ2) is 20.8. The van der Waals surface area contributed by atoms with E-state index in [0.29, 0.717) is 53.7 Å². The van der Waals surface area contributed by atoms with Crippen molar-refractivity contribution < 1.29 is 23.7 Å². The Morgan fingerprint density at radius 1 is 0.631 bits per heavy atom. The Kier molecular flexibility index (Phi) is 14.4. The molecule has 17 heteroatoms. The summed E-state index contributed by atoms with van der Waals surface area (Å²) in [5.74, 6) is 0.866. The number of hydrogen-bond donors (Lipinski definition) is 2. The summed E-state index contributed by atoms with van der Waals surface area (Å²) in [5, 5.41) is 26.4. The van der Waals surface area contributed by atoms with Gasteiger partial charge in [-0.25, -0.2) is 14.8 Å². The predicted octanol–water partition coefficient (Wildman–Crippen LogP) is 8.43. The molecule has 0 spiro atoms. The van der Waals surface area contributed by atoms with Gasteiger partial charge in [0.15, 0.2) is 0 Å². The van der Waals surface area contributed by atoms with E-state index in [1.54, 1.807) is 48.7 Å². The van der Waals surface area contributed by atoms with E-state index >= 15 is 0 Å². The molecule has 332 valence electrons. The van der Waals surface area contributed by atoms with Crippen molar-refractivity contribution in [2.75, 3.05) is 53.4 Å². The van der Waals surface area contributed by atoms with Crippen LogP contribution in [0.2, 0.25) is 0 Å². The molecule has 4 aromatic heterocycles. The molecule has 2 aliphatic rings. The summed E-state index contributed by atoms with van der Waals surface area (Å²) in [4.78, 5) is 48.6. The van der Waals surface area contributed by atoms with E-state index in [0.717, 1.165) is 53.7 Å². The van der Waals surface area contributed by atoms with Crippen molar-refractivity contribution in [2.45, 2.75) is 25.9 Å². The van der Waals surface area contributed by atoms with Crippen molar-refractivity contribution >= 4 is 34.6 Å². The highest BCUT2D eigenvalue weighted by Gasteiger charge is 2.31. The number of aromatic carboxylic acids is 1. The quantitative estimate of drug-likeness (QED) is 0.148. The Hall–Kier alpha value is -6.76. The molecule has 2 saturated heterocycles. The number of likely N-dealkylation sites (N-methyl/N-ethyl adjacent to an activating group) is 2. The first-order chi connectivity index (χ1) is 31.6. The van der Waals surface area contributed by atoms with Gasteiger partial charge in [-0.2, -0.15) is 9.97 Å². The summed E-state index contributed by atoms with van der Waals surface area (Å²) < 4.78 is 9.89. The number of rotatable bonds is 8. The summed E-state index contributed by atoms with van der Waals surface area (Å²) in [6.45, 7) is 8.65. The molecule has 2 unspecified atom stereocenters. The van der Waals surface area contributed by atoms with Crippen LogP contribution in [0.1, 0.15) is 54.6 Å². The van der Waals surface area contributed by atoms with Crippen LogP contribution in [-0.4, -0.2) is 115 Å². The van der Waals surface area contributed by atoms with Crippen LogP contribution in [0.15, 0.2) is 129 Å². The highest BCUT2D eigenvalue weighted by molar-refractivity contribution is 7.10. The maximum absolute atomic E-state index is 13.3. The van der Waals surface area contributed by atoms with Crippen molar-refractivity contribution in [1.82, 2.24) is 50.3 Å². The third-order valence-electron chi connectivity index (χ3n) is 11.0. The first-order valence-corrected chi connectivity index (χ1v) is 22.8. The van der Waals surface area contributed by atoms with E-state index in [-0.39, 0.29) is 17.5 Å². The Balaban J connectivity index is 0.000000147. The summed E-state index contributed by atoms with van der Waals surface area (Å²) in [5.41, 5.74) is 6.60. The van der Waals surface area contributed by atoms with Crippen LogP contribution in [0.4, 0.5) is 0 Å². The highest BCUT2D eigenvalue weighted by Crippen LogP contribution is 2.32. The molecule has 65 heavy (non-hydrogen) atoms.